The maximum Gasteiger partial charge on any atom is -0.0119 e. The summed E-state index contributed by atoms with van der Waals surface area (Å²) in [6, 6.07) is 0. The molecule has 0 aliphatic heterocycles. The van der Waals surface area contributed by atoms with Crippen LogP contribution in [0.5, 0.6) is 0 Å². The Hall–Kier alpha value is -0.260. The first-order chi connectivity index (χ1) is 4.69. The highest BCUT2D eigenvalue weighted by atomic mass is 14.4. The molecule has 0 amide bonds. The second-order valence-electron chi connectivity index (χ2n) is 3.77. The van der Waals surface area contributed by atoms with Gasteiger partial charge in [0.25, 0.3) is 0 Å². The van der Waals surface area contributed by atoms with Gasteiger partial charge in [-0.05, 0) is 31.1 Å². The van der Waals surface area contributed by atoms with E-state index >= 15 is 0 Å². The molecule has 58 valence electrons. The zero-order valence-electron chi connectivity index (χ0n) is 7.24. The molecule has 1 saturated carbocycles. The number of rotatable bonds is 2. The van der Waals surface area contributed by atoms with Gasteiger partial charge in [-0.15, -0.1) is 0 Å². The Morgan fingerprint density at radius 2 is 2.30 bits per heavy atom. The Morgan fingerprint density at radius 1 is 1.60 bits per heavy atom. The molecule has 0 spiro atoms. The lowest BCUT2D eigenvalue weighted by molar-refractivity contribution is 0.373. The van der Waals surface area contributed by atoms with Gasteiger partial charge in [-0.1, -0.05) is 32.4 Å². The molecule has 0 heteroatoms. The molecule has 1 rings (SSSR count). The van der Waals surface area contributed by atoms with Crippen molar-refractivity contribution in [2.45, 2.75) is 46.0 Å². The molecule has 10 heavy (non-hydrogen) atoms. The van der Waals surface area contributed by atoms with E-state index < -0.39 is 0 Å². The van der Waals surface area contributed by atoms with E-state index in [9.17, 15) is 0 Å². The summed E-state index contributed by atoms with van der Waals surface area (Å²) in [4.78, 5) is 0. The first-order valence-electron chi connectivity index (χ1n) is 4.37. The van der Waals surface area contributed by atoms with E-state index in [4.69, 9.17) is 0 Å². The minimum absolute atomic E-state index is 0.509. The molecule has 0 heterocycles. The lowest BCUT2D eigenvalue weighted by Crippen LogP contribution is -2.11. The molecule has 0 N–H and O–H groups in total. The summed E-state index contributed by atoms with van der Waals surface area (Å²) >= 11 is 0. The Labute approximate surface area is 64.3 Å². The molecular weight excluding hydrogens is 120 g/mol. The van der Waals surface area contributed by atoms with Gasteiger partial charge in [-0.25, -0.2) is 0 Å². The molecule has 0 aromatic carbocycles. The third-order valence-corrected chi connectivity index (χ3v) is 2.86. The monoisotopic (exact) mass is 138 g/mol. The summed E-state index contributed by atoms with van der Waals surface area (Å²) in [5, 5.41) is 0. The van der Waals surface area contributed by atoms with Gasteiger partial charge in [0.05, 0.1) is 0 Å². The predicted octanol–water partition coefficient (Wildman–Crippen LogP) is 3.53. The van der Waals surface area contributed by atoms with Crippen molar-refractivity contribution in [2.24, 2.45) is 5.41 Å². The fourth-order valence-electron chi connectivity index (χ4n) is 2.02. The highest BCUT2D eigenvalue weighted by molar-refractivity contribution is 5.13. The fourth-order valence-corrected chi connectivity index (χ4v) is 2.02. The summed E-state index contributed by atoms with van der Waals surface area (Å²) in [5.74, 6) is 0. The Kier molecular flexibility index (Phi) is 2.18. The molecule has 1 fully saturated rings. The minimum Gasteiger partial charge on any atom is -0.0993 e. The van der Waals surface area contributed by atoms with Crippen molar-refractivity contribution in [1.29, 1.82) is 0 Å². The van der Waals surface area contributed by atoms with E-state index in [0.29, 0.717) is 5.41 Å². The molecular formula is C10H18. The fraction of sp³-hybridized carbons (Fsp3) is 0.800. The van der Waals surface area contributed by atoms with Crippen LogP contribution in [-0.2, 0) is 0 Å². The average molecular weight is 138 g/mol. The van der Waals surface area contributed by atoms with Crippen molar-refractivity contribution >= 4 is 0 Å². The molecule has 0 radical (unpaired) electrons. The number of allylic oxidation sites excluding steroid dienone is 1. The Bertz CT molecular complexity index is 135. The average Bonchev–Trinajstić information content (AvgIpc) is 2.15. The van der Waals surface area contributed by atoms with Crippen LogP contribution in [-0.4, -0.2) is 0 Å². The molecule has 0 aromatic rings. The van der Waals surface area contributed by atoms with Crippen molar-refractivity contribution in [1.82, 2.24) is 0 Å². The standard InChI is InChI=1S/C10H18/c1-4-7-10(3)8-5-6-9(10)2/h2,4-8H2,1,3H3. The van der Waals surface area contributed by atoms with E-state index in [-0.39, 0.29) is 0 Å². The SMILES string of the molecule is C=C1CCCC1(C)CCC. The smallest absolute Gasteiger partial charge is 0.0119 e. The number of hydrogen-bond acceptors (Lipinski definition) is 0. The number of hydrogen-bond donors (Lipinski definition) is 0. The van der Waals surface area contributed by atoms with E-state index in [1.54, 1.807) is 0 Å². The molecule has 1 aliphatic carbocycles. The first-order valence-corrected chi connectivity index (χ1v) is 4.37. The van der Waals surface area contributed by atoms with Gasteiger partial charge in [0.15, 0.2) is 0 Å². The van der Waals surface area contributed by atoms with Crippen LogP contribution in [0, 0.1) is 5.41 Å². The molecule has 1 unspecified atom stereocenters. The lowest BCUT2D eigenvalue weighted by Gasteiger charge is -2.24. The van der Waals surface area contributed by atoms with Crippen LogP contribution < -0.4 is 0 Å². The zero-order chi connectivity index (χ0) is 7.61. The van der Waals surface area contributed by atoms with E-state index in [1.165, 1.54) is 37.7 Å². The second kappa shape index (κ2) is 2.77. The van der Waals surface area contributed by atoms with Gasteiger partial charge >= 0.3 is 0 Å². The van der Waals surface area contributed by atoms with Crippen molar-refractivity contribution in [3.8, 4) is 0 Å². The summed E-state index contributed by atoms with van der Waals surface area (Å²) < 4.78 is 0. The Morgan fingerprint density at radius 3 is 2.70 bits per heavy atom. The highest BCUT2D eigenvalue weighted by Crippen LogP contribution is 2.44. The summed E-state index contributed by atoms with van der Waals surface area (Å²) in [6.45, 7) is 8.75. The van der Waals surface area contributed by atoms with Crippen LogP contribution in [0.4, 0.5) is 0 Å². The van der Waals surface area contributed by atoms with Crippen molar-refractivity contribution in [3.05, 3.63) is 12.2 Å². The lowest BCUT2D eigenvalue weighted by atomic mass is 9.81. The summed E-state index contributed by atoms with van der Waals surface area (Å²) in [6.07, 6.45) is 6.66. The van der Waals surface area contributed by atoms with Crippen LogP contribution in [0.3, 0.4) is 0 Å². The van der Waals surface area contributed by atoms with Crippen molar-refractivity contribution in [3.63, 3.8) is 0 Å². The van der Waals surface area contributed by atoms with Gasteiger partial charge < -0.3 is 0 Å². The molecule has 0 nitrogen and oxygen atoms in total. The van der Waals surface area contributed by atoms with Gasteiger partial charge in [-0.3, -0.25) is 0 Å². The minimum atomic E-state index is 0.509. The maximum atomic E-state index is 4.13. The molecule has 0 aromatic heterocycles. The predicted molar refractivity (Wildman–Crippen MR) is 46.0 cm³/mol. The van der Waals surface area contributed by atoms with Crippen molar-refractivity contribution < 1.29 is 0 Å². The summed E-state index contributed by atoms with van der Waals surface area (Å²) in [7, 11) is 0. The molecule has 0 bridgehead atoms. The normalized spacial score (nSPS) is 33.2. The van der Waals surface area contributed by atoms with Gasteiger partial charge in [0.1, 0.15) is 0 Å². The van der Waals surface area contributed by atoms with E-state index in [0.717, 1.165) is 0 Å². The van der Waals surface area contributed by atoms with Crippen LogP contribution in [0.15, 0.2) is 12.2 Å². The van der Waals surface area contributed by atoms with Crippen LogP contribution in [0.2, 0.25) is 0 Å². The third-order valence-electron chi connectivity index (χ3n) is 2.86. The molecule has 1 atom stereocenters. The first kappa shape index (κ1) is 7.84. The van der Waals surface area contributed by atoms with E-state index in [1.807, 2.05) is 0 Å². The summed E-state index contributed by atoms with van der Waals surface area (Å²) in [5.41, 5.74) is 2.00. The third kappa shape index (κ3) is 1.25. The second-order valence-corrected chi connectivity index (χ2v) is 3.77. The topological polar surface area (TPSA) is 0 Å². The van der Waals surface area contributed by atoms with E-state index in [2.05, 4.69) is 20.4 Å². The molecule has 0 saturated heterocycles. The maximum absolute atomic E-state index is 4.13. The van der Waals surface area contributed by atoms with Crippen molar-refractivity contribution in [2.75, 3.05) is 0 Å². The zero-order valence-corrected chi connectivity index (χ0v) is 7.24. The van der Waals surface area contributed by atoms with Crippen LogP contribution in [0.25, 0.3) is 0 Å². The van der Waals surface area contributed by atoms with Gasteiger partial charge in [0.2, 0.25) is 0 Å². The quantitative estimate of drug-likeness (QED) is 0.512. The highest BCUT2D eigenvalue weighted by Gasteiger charge is 2.30. The Balaban J connectivity index is 2.57. The van der Waals surface area contributed by atoms with Gasteiger partial charge in [0, 0.05) is 0 Å². The van der Waals surface area contributed by atoms with Gasteiger partial charge in [-0.2, -0.15) is 0 Å². The molecule has 1 aliphatic rings. The van der Waals surface area contributed by atoms with Crippen LogP contribution >= 0.6 is 0 Å². The largest absolute Gasteiger partial charge is 0.0993 e. The van der Waals surface area contributed by atoms with Crippen LogP contribution in [0.1, 0.15) is 46.0 Å².